The molecule has 3 aromatic rings. The van der Waals surface area contributed by atoms with Gasteiger partial charge in [-0.15, -0.1) is 0 Å². The van der Waals surface area contributed by atoms with Crippen LogP contribution in [0.15, 0.2) is 42.5 Å². The van der Waals surface area contributed by atoms with Crippen molar-refractivity contribution in [2.24, 2.45) is 0 Å². The second kappa shape index (κ2) is 9.10. The number of aromatic nitrogens is 1. The van der Waals surface area contributed by atoms with E-state index in [-0.39, 0.29) is 17.7 Å². The largest absolute Gasteiger partial charge is 0.508 e. The van der Waals surface area contributed by atoms with Gasteiger partial charge in [0, 0.05) is 29.6 Å². The Balaban J connectivity index is 1.42. The highest BCUT2D eigenvalue weighted by Gasteiger charge is 2.60. The summed E-state index contributed by atoms with van der Waals surface area (Å²) in [5.74, 6) is 0.752. The molecule has 0 saturated carbocycles. The van der Waals surface area contributed by atoms with Crippen LogP contribution in [0.4, 0.5) is 4.79 Å². The van der Waals surface area contributed by atoms with Gasteiger partial charge in [-0.1, -0.05) is 12.1 Å². The Bertz CT molecular complexity index is 1360. The smallest absolute Gasteiger partial charge is 0.328 e. The molecule has 0 radical (unpaired) electrons. The molecule has 8 heteroatoms. The molecular formula is C29H34N4O4. The van der Waals surface area contributed by atoms with Crippen molar-refractivity contribution in [3.8, 4) is 11.5 Å². The minimum Gasteiger partial charge on any atom is -0.508 e. The molecule has 0 aliphatic carbocycles. The number of H-pyrrole nitrogens is 1. The summed E-state index contributed by atoms with van der Waals surface area (Å²) < 4.78 is 5.76. The Labute approximate surface area is 216 Å². The van der Waals surface area contributed by atoms with Gasteiger partial charge in [-0.3, -0.25) is 14.6 Å². The molecular weight excluding hydrogens is 468 g/mol. The van der Waals surface area contributed by atoms with E-state index in [1.807, 2.05) is 38.1 Å². The molecule has 3 amide bonds. The minimum absolute atomic E-state index is 0.126. The van der Waals surface area contributed by atoms with Crippen LogP contribution in [0.1, 0.15) is 56.0 Å². The quantitative estimate of drug-likeness (QED) is 0.467. The number of carbonyl (C=O) groups is 2. The highest BCUT2D eigenvalue weighted by Crippen LogP contribution is 2.49. The van der Waals surface area contributed by atoms with Crippen LogP contribution < -0.4 is 4.74 Å². The zero-order valence-corrected chi connectivity index (χ0v) is 21.5. The molecule has 3 aliphatic heterocycles. The summed E-state index contributed by atoms with van der Waals surface area (Å²) in [4.78, 5) is 37.0. The molecule has 3 aliphatic rings. The number of urea groups is 1. The zero-order chi connectivity index (χ0) is 25.7. The standard InChI is InChI=1S/C29H34N4O4/c1-3-37-21-10-11-24-22(17-21)23-18-29(2)27(35)32(15-7-14-31-12-4-5-13-31)28(36)33(29)26(25(23)30-24)19-8-6-9-20(34)16-19/h6,8-11,16-17,26,30,34H,3-5,7,12-15,18H2,1-2H3. The van der Waals surface area contributed by atoms with E-state index in [4.69, 9.17) is 4.74 Å². The Morgan fingerprint density at radius 2 is 1.92 bits per heavy atom. The van der Waals surface area contributed by atoms with Gasteiger partial charge in [-0.05, 0) is 94.2 Å². The highest BCUT2D eigenvalue weighted by molar-refractivity contribution is 6.08. The molecule has 4 heterocycles. The first-order chi connectivity index (χ1) is 17.9. The van der Waals surface area contributed by atoms with E-state index in [9.17, 15) is 14.7 Å². The zero-order valence-electron chi connectivity index (χ0n) is 21.5. The molecule has 194 valence electrons. The second-order valence-corrected chi connectivity index (χ2v) is 10.6. The van der Waals surface area contributed by atoms with Crippen molar-refractivity contribution in [2.75, 3.05) is 32.8 Å². The lowest BCUT2D eigenvalue weighted by Crippen LogP contribution is -2.53. The van der Waals surface area contributed by atoms with Gasteiger partial charge in [0.25, 0.3) is 5.91 Å². The number of fused-ring (bicyclic) bond motifs is 4. The Kier molecular flexibility index (Phi) is 5.87. The van der Waals surface area contributed by atoms with Crippen LogP contribution >= 0.6 is 0 Å². The van der Waals surface area contributed by atoms with Gasteiger partial charge in [0.05, 0.1) is 6.61 Å². The Morgan fingerprint density at radius 3 is 2.68 bits per heavy atom. The molecule has 2 atom stereocenters. The number of nitrogens with one attached hydrogen (secondary N) is 1. The van der Waals surface area contributed by atoms with Crippen molar-refractivity contribution < 1.29 is 19.4 Å². The molecule has 37 heavy (non-hydrogen) atoms. The molecule has 2 unspecified atom stereocenters. The number of phenolic OH excluding ortho intramolecular Hbond substituents is 1. The number of ether oxygens (including phenoxy) is 1. The number of aromatic hydroxyl groups is 1. The Hall–Kier alpha value is -3.52. The third kappa shape index (κ3) is 3.85. The first-order valence-electron chi connectivity index (χ1n) is 13.3. The molecule has 2 saturated heterocycles. The summed E-state index contributed by atoms with van der Waals surface area (Å²) >= 11 is 0. The lowest BCUT2D eigenvalue weighted by molar-refractivity contribution is -0.133. The van der Waals surface area contributed by atoms with Crippen LogP contribution in [0.3, 0.4) is 0 Å². The molecule has 6 rings (SSSR count). The third-order valence-electron chi connectivity index (χ3n) is 8.19. The number of rotatable bonds is 7. The third-order valence-corrected chi connectivity index (χ3v) is 8.19. The number of phenols is 1. The first-order valence-corrected chi connectivity index (χ1v) is 13.3. The van der Waals surface area contributed by atoms with Crippen molar-refractivity contribution in [2.45, 2.75) is 51.1 Å². The van der Waals surface area contributed by atoms with E-state index in [2.05, 4.69) is 9.88 Å². The number of amides is 3. The maximum atomic E-state index is 13.9. The highest BCUT2D eigenvalue weighted by atomic mass is 16.5. The monoisotopic (exact) mass is 502 g/mol. The summed E-state index contributed by atoms with van der Waals surface area (Å²) in [6.07, 6.45) is 3.62. The number of aromatic amines is 1. The van der Waals surface area contributed by atoms with Crippen molar-refractivity contribution >= 4 is 22.8 Å². The number of nitrogens with zero attached hydrogens (tertiary/aromatic N) is 3. The van der Waals surface area contributed by atoms with Crippen LogP contribution in [-0.2, 0) is 11.2 Å². The maximum absolute atomic E-state index is 13.9. The van der Waals surface area contributed by atoms with Gasteiger partial charge < -0.3 is 19.7 Å². The van der Waals surface area contributed by atoms with Gasteiger partial charge in [0.1, 0.15) is 23.1 Å². The van der Waals surface area contributed by atoms with E-state index in [1.165, 1.54) is 17.7 Å². The summed E-state index contributed by atoms with van der Waals surface area (Å²) in [5.41, 5.74) is 2.58. The molecule has 8 nitrogen and oxygen atoms in total. The number of hydrogen-bond acceptors (Lipinski definition) is 5. The molecule has 2 aromatic carbocycles. The summed E-state index contributed by atoms with van der Waals surface area (Å²) in [7, 11) is 0. The number of carbonyl (C=O) groups excluding carboxylic acids is 2. The van der Waals surface area contributed by atoms with Crippen LogP contribution in [0, 0.1) is 0 Å². The molecule has 0 spiro atoms. The second-order valence-electron chi connectivity index (χ2n) is 10.6. The molecule has 2 N–H and O–H groups in total. The van der Waals surface area contributed by atoms with Gasteiger partial charge >= 0.3 is 6.03 Å². The molecule has 2 fully saturated rings. The predicted octanol–water partition coefficient (Wildman–Crippen LogP) is 4.43. The van der Waals surface area contributed by atoms with Gasteiger partial charge in [0.2, 0.25) is 0 Å². The van der Waals surface area contributed by atoms with Gasteiger partial charge in [0.15, 0.2) is 0 Å². The number of hydrogen-bond donors (Lipinski definition) is 2. The fraction of sp³-hybridized carbons (Fsp3) is 0.448. The summed E-state index contributed by atoms with van der Waals surface area (Å²) in [6, 6.07) is 12.1. The lowest BCUT2D eigenvalue weighted by Gasteiger charge is -2.42. The van der Waals surface area contributed by atoms with Crippen molar-refractivity contribution in [3.05, 3.63) is 59.3 Å². The average molecular weight is 503 g/mol. The number of benzene rings is 2. The molecule has 1 aromatic heterocycles. The van der Waals surface area contributed by atoms with Crippen LogP contribution in [0.25, 0.3) is 10.9 Å². The lowest BCUT2D eigenvalue weighted by atomic mass is 9.81. The van der Waals surface area contributed by atoms with E-state index in [0.29, 0.717) is 19.6 Å². The van der Waals surface area contributed by atoms with Crippen LogP contribution in [0.2, 0.25) is 0 Å². The summed E-state index contributed by atoms with van der Waals surface area (Å²) in [5, 5.41) is 11.3. The normalized spacial score (nSPS) is 23.7. The average Bonchev–Trinajstić information content (AvgIpc) is 3.57. The number of imide groups is 1. The van der Waals surface area contributed by atoms with Crippen molar-refractivity contribution in [1.82, 2.24) is 19.7 Å². The van der Waals surface area contributed by atoms with E-state index in [0.717, 1.165) is 59.5 Å². The Morgan fingerprint density at radius 1 is 1.11 bits per heavy atom. The summed E-state index contributed by atoms with van der Waals surface area (Å²) in [6.45, 7) is 7.90. The first kappa shape index (κ1) is 23.9. The maximum Gasteiger partial charge on any atom is 0.328 e. The SMILES string of the molecule is CCOc1ccc2[nH]c3c(c2c1)CC1(C)C(=O)N(CCCN2CCCC2)C(=O)N1C3c1cccc(O)c1. The number of likely N-dealkylation sites (tertiary alicyclic amines) is 1. The van der Waals surface area contributed by atoms with E-state index < -0.39 is 11.6 Å². The topological polar surface area (TPSA) is 89.1 Å². The van der Waals surface area contributed by atoms with Crippen LogP contribution in [0.5, 0.6) is 11.5 Å². The fourth-order valence-electron chi connectivity index (χ4n) is 6.45. The predicted molar refractivity (Wildman–Crippen MR) is 141 cm³/mol. The van der Waals surface area contributed by atoms with E-state index in [1.54, 1.807) is 23.1 Å². The fourth-order valence-corrected chi connectivity index (χ4v) is 6.45. The van der Waals surface area contributed by atoms with Crippen LogP contribution in [-0.4, -0.2) is 75.1 Å². The van der Waals surface area contributed by atoms with Crippen molar-refractivity contribution in [3.63, 3.8) is 0 Å². The molecule has 0 bridgehead atoms. The minimum atomic E-state index is -1.02. The van der Waals surface area contributed by atoms with Crippen molar-refractivity contribution in [1.29, 1.82) is 0 Å². The van der Waals surface area contributed by atoms with Gasteiger partial charge in [-0.25, -0.2) is 4.79 Å². The van der Waals surface area contributed by atoms with Gasteiger partial charge in [-0.2, -0.15) is 0 Å². The van der Waals surface area contributed by atoms with E-state index >= 15 is 0 Å².